The minimum atomic E-state index is -0.0764. The fourth-order valence-electron chi connectivity index (χ4n) is 3.05. The molecule has 3 rings (SSSR count). The van der Waals surface area contributed by atoms with Crippen molar-refractivity contribution in [2.24, 2.45) is 0 Å². The molecule has 0 fully saturated rings. The van der Waals surface area contributed by atoms with Crippen LogP contribution in [0.3, 0.4) is 0 Å². The van der Waals surface area contributed by atoms with E-state index in [2.05, 4.69) is 53.8 Å². The van der Waals surface area contributed by atoms with Crippen LogP contribution in [0.2, 0.25) is 0 Å². The summed E-state index contributed by atoms with van der Waals surface area (Å²) >= 11 is 0. The van der Waals surface area contributed by atoms with Crippen molar-refractivity contribution in [3.8, 4) is 5.69 Å². The molecule has 27 heavy (non-hydrogen) atoms. The van der Waals surface area contributed by atoms with E-state index in [4.69, 9.17) is 0 Å². The fourth-order valence-corrected chi connectivity index (χ4v) is 3.05. The number of hydrogen-bond acceptors (Lipinski definition) is 3. The van der Waals surface area contributed by atoms with Gasteiger partial charge in [0.25, 0.3) is 0 Å². The first-order valence-electron chi connectivity index (χ1n) is 9.17. The van der Waals surface area contributed by atoms with Crippen LogP contribution in [-0.2, 0) is 4.79 Å². The summed E-state index contributed by atoms with van der Waals surface area (Å²) in [5.74, 6) is -0.0764. The van der Waals surface area contributed by atoms with Crippen molar-refractivity contribution in [3.63, 3.8) is 0 Å². The van der Waals surface area contributed by atoms with Gasteiger partial charge in [-0.25, -0.2) is 4.68 Å². The van der Waals surface area contributed by atoms with Crippen LogP contribution >= 0.6 is 0 Å². The number of amides is 1. The molecule has 1 heterocycles. The molecule has 0 bridgehead atoms. The van der Waals surface area contributed by atoms with Crippen molar-refractivity contribution in [2.45, 2.75) is 33.7 Å². The van der Waals surface area contributed by atoms with Crippen LogP contribution in [0.5, 0.6) is 0 Å². The third-order valence-corrected chi connectivity index (χ3v) is 4.70. The second-order valence-corrected chi connectivity index (χ2v) is 6.85. The van der Waals surface area contributed by atoms with Gasteiger partial charge in [0.15, 0.2) is 0 Å². The Morgan fingerprint density at radius 3 is 2.37 bits per heavy atom. The Bertz CT molecular complexity index is 913. The largest absolute Gasteiger partial charge is 0.322 e. The van der Waals surface area contributed by atoms with Crippen LogP contribution < -0.4 is 10.6 Å². The highest BCUT2D eigenvalue weighted by atomic mass is 16.1. The lowest BCUT2D eigenvalue weighted by Gasteiger charge is -2.14. The Hall–Kier alpha value is -2.92. The van der Waals surface area contributed by atoms with E-state index < -0.39 is 0 Å². The number of nitrogens with one attached hydrogen (secondary N) is 2. The maximum absolute atomic E-state index is 12.4. The lowest BCUT2D eigenvalue weighted by atomic mass is 10.1. The highest BCUT2D eigenvalue weighted by Crippen LogP contribution is 2.23. The van der Waals surface area contributed by atoms with E-state index in [0.29, 0.717) is 0 Å². The van der Waals surface area contributed by atoms with E-state index in [-0.39, 0.29) is 18.5 Å². The van der Waals surface area contributed by atoms with Gasteiger partial charge in [0.05, 0.1) is 29.3 Å². The summed E-state index contributed by atoms with van der Waals surface area (Å²) in [7, 11) is 0. The number of benzene rings is 2. The third kappa shape index (κ3) is 4.44. The molecular formula is C22H26N4O. The van der Waals surface area contributed by atoms with Crippen LogP contribution in [0.1, 0.15) is 35.5 Å². The molecule has 0 unspecified atom stereocenters. The van der Waals surface area contributed by atoms with Crippen molar-refractivity contribution in [3.05, 3.63) is 77.1 Å². The first-order chi connectivity index (χ1) is 13.0. The van der Waals surface area contributed by atoms with Gasteiger partial charge in [-0.3, -0.25) is 4.79 Å². The lowest BCUT2D eigenvalue weighted by Crippen LogP contribution is -2.30. The van der Waals surface area contributed by atoms with Crippen LogP contribution in [0, 0.1) is 20.8 Å². The zero-order valence-corrected chi connectivity index (χ0v) is 16.3. The predicted octanol–water partition coefficient (Wildman–Crippen LogP) is 4.09. The van der Waals surface area contributed by atoms with E-state index in [1.54, 1.807) is 0 Å². The second kappa shape index (κ2) is 8.18. The van der Waals surface area contributed by atoms with Crippen molar-refractivity contribution in [1.82, 2.24) is 15.1 Å². The van der Waals surface area contributed by atoms with Gasteiger partial charge in [-0.1, -0.05) is 48.0 Å². The van der Waals surface area contributed by atoms with Gasteiger partial charge < -0.3 is 10.6 Å². The summed E-state index contributed by atoms with van der Waals surface area (Å²) in [6, 6.07) is 18.4. The average molecular weight is 362 g/mol. The second-order valence-electron chi connectivity index (χ2n) is 6.85. The molecular weight excluding hydrogens is 336 g/mol. The number of aryl methyl sites for hydroxylation is 2. The van der Waals surface area contributed by atoms with E-state index in [1.807, 2.05) is 48.9 Å². The van der Waals surface area contributed by atoms with E-state index in [9.17, 15) is 4.79 Å². The molecule has 0 radical (unpaired) electrons. The molecule has 5 heteroatoms. The topological polar surface area (TPSA) is 59.0 Å². The zero-order chi connectivity index (χ0) is 19.4. The first kappa shape index (κ1) is 18.9. The number of aromatic nitrogens is 2. The molecule has 2 aromatic carbocycles. The quantitative estimate of drug-likeness (QED) is 0.694. The molecule has 140 valence electrons. The first-order valence-corrected chi connectivity index (χ1v) is 9.17. The van der Waals surface area contributed by atoms with Gasteiger partial charge in [-0.15, -0.1) is 0 Å². The Balaban J connectivity index is 1.67. The zero-order valence-electron chi connectivity index (χ0n) is 16.3. The minimum Gasteiger partial charge on any atom is -0.322 e. The summed E-state index contributed by atoms with van der Waals surface area (Å²) in [5, 5.41) is 10.9. The normalized spacial score (nSPS) is 12.0. The number of rotatable bonds is 6. The summed E-state index contributed by atoms with van der Waals surface area (Å²) in [6.07, 6.45) is 0. The maximum atomic E-state index is 12.4. The van der Waals surface area contributed by atoms with Gasteiger partial charge in [0.2, 0.25) is 5.91 Å². The molecule has 5 nitrogen and oxygen atoms in total. The number of carbonyl (C=O) groups excluding carboxylic acids is 1. The monoisotopic (exact) mass is 362 g/mol. The molecule has 2 N–H and O–H groups in total. The van der Waals surface area contributed by atoms with Crippen molar-refractivity contribution < 1.29 is 4.79 Å². The molecule has 0 saturated heterocycles. The summed E-state index contributed by atoms with van der Waals surface area (Å²) < 4.78 is 1.87. The molecule has 0 saturated carbocycles. The van der Waals surface area contributed by atoms with Crippen LogP contribution in [0.4, 0.5) is 5.69 Å². The number of nitrogens with zero attached hydrogens (tertiary/aromatic N) is 2. The maximum Gasteiger partial charge on any atom is 0.238 e. The summed E-state index contributed by atoms with van der Waals surface area (Å²) in [5.41, 5.74) is 5.84. The minimum absolute atomic E-state index is 0.0764. The van der Waals surface area contributed by atoms with Gasteiger partial charge in [-0.05, 0) is 45.4 Å². The Morgan fingerprint density at radius 1 is 1.04 bits per heavy atom. The molecule has 0 aliphatic heterocycles. The van der Waals surface area contributed by atoms with Gasteiger partial charge in [-0.2, -0.15) is 5.10 Å². The SMILES string of the molecule is Cc1ccc(-n2nc(C)c(NC(=O)CN[C@@H](C)c3ccccc3)c2C)cc1. The standard InChI is InChI=1S/C22H26N4O/c1-15-10-12-20(13-11-15)26-18(4)22(17(3)25-26)24-21(27)14-23-16(2)19-8-6-5-7-9-19/h5-13,16,23H,14H2,1-4H3,(H,24,27)/t16-/m0/s1. The summed E-state index contributed by atoms with van der Waals surface area (Å²) in [6.45, 7) is 8.22. The van der Waals surface area contributed by atoms with Crippen LogP contribution in [-0.4, -0.2) is 22.2 Å². The number of anilines is 1. The molecule has 1 atom stereocenters. The summed E-state index contributed by atoms with van der Waals surface area (Å²) in [4.78, 5) is 12.4. The molecule has 1 aromatic heterocycles. The Kier molecular flexibility index (Phi) is 5.72. The van der Waals surface area contributed by atoms with Crippen molar-refractivity contribution >= 4 is 11.6 Å². The third-order valence-electron chi connectivity index (χ3n) is 4.70. The van der Waals surface area contributed by atoms with Gasteiger partial charge >= 0.3 is 0 Å². The molecule has 0 spiro atoms. The predicted molar refractivity (Wildman–Crippen MR) is 109 cm³/mol. The highest BCUT2D eigenvalue weighted by molar-refractivity contribution is 5.93. The molecule has 0 aliphatic carbocycles. The van der Waals surface area contributed by atoms with Gasteiger partial charge in [0, 0.05) is 6.04 Å². The van der Waals surface area contributed by atoms with E-state index >= 15 is 0 Å². The fraction of sp³-hybridized carbons (Fsp3) is 0.273. The Labute approximate surface area is 160 Å². The molecule has 0 aliphatic rings. The van der Waals surface area contributed by atoms with Crippen LogP contribution in [0.25, 0.3) is 5.69 Å². The van der Waals surface area contributed by atoms with E-state index in [0.717, 1.165) is 28.3 Å². The molecule has 3 aromatic rings. The molecule has 1 amide bonds. The Morgan fingerprint density at radius 2 is 1.70 bits per heavy atom. The van der Waals surface area contributed by atoms with Crippen LogP contribution in [0.15, 0.2) is 54.6 Å². The number of hydrogen-bond donors (Lipinski definition) is 2. The smallest absolute Gasteiger partial charge is 0.238 e. The lowest BCUT2D eigenvalue weighted by molar-refractivity contribution is -0.115. The van der Waals surface area contributed by atoms with Crippen molar-refractivity contribution in [1.29, 1.82) is 0 Å². The number of carbonyl (C=O) groups is 1. The van der Waals surface area contributed by atoms with Crippen molar-refractivity contribution in [2.75, 3.05) is 11.9 Å². The average Bonchev–Trinajstić information content (AvgIpc) is 2.95. The highest BCUT2D eigenvalue weighted by Gasteiger charge is 2.15. The van der Waals surface area contributed by atoms with Gasteiger partial charge in [0.1, 0.15) is 0 Å². The van der Waals surface area contributed by atoms with E-state index in [1.165, 1.54) is 5.56 Å².